The Balaban J connectivity index is 1.50. The van der Waals surface area contributed by atoms with Crippen LogP contribution in [0, 0.1) is 0 Å². The predicted octanol–water partition coefficient (Wildman–Crippen LogP) is 3.75. The molecular weight excluding hydrogens is 334 g/mol. The van der Waals surface area contributed by atoms with Crippen LogP contribution in [-0.4, -0.2) is 23.8 Å². The van der Waals surface area contributed by atoms with E-state index in [1.54, 1.807) is 6.92 Å². The van der Waals surface area contributed by atoms with Crippen molar-refractivity contribution in [3.8, 4) is 0 Å². The summed E-state index contributed by atoms with van der Waals surface area (Å²) in [6, 6.07) is 12.0. The molecule has 4 nitrogen and oxygen atoms in total. The molecule has 0 unspecified atom stereocenters. The fourth-order valence-corrected chi connectivity index (χ4v) is 3.98. The third-order valence-corrected chi connectivity index (χ3v) is 5.55. The molecule has 1 aromatic carbocycles. The van der Waals surface area contributed by atoms with Gasteiger partial charge in [-0.1, -0.05) is 30.3 Å². The van der Waals surface area contributed by atoms with Gasteiger partial charge in [0.1, 0.15) is 0 Å². The van der Waals surface area contributed by atoms with Crippen LogP contribution in [0.15, 0.2) is 41.8 Å². The van der Waals surface area contributed by atoms with E-state index in [1.807, 2.05) is 41.8 Å². The van der Waals surface area contributed by atoms with Crippen molar-refractivity contribution in [2.24, 2.45) is 0 Å². The molecule has 0 aliphatic heterocycles. The van der Waals surface area contributed by atoms with E-state index >= 15 is 0 Å². The van der Waals surface area contributed by atoms with Gasteiger partial charge in [-0.3, -0.25) is 9.59 Å². The zero-order valence-corrected chi connectivity index (χ0v) is 15.2. The average Bonchev–Trinajstić information content (AvgIpc) is 3.23. The highest BCUT2D eigenvalue weighted by atomic mass is 32.1. The molecule has 5 heteroatoms. The van der Waals surface area contributed by atoms with Gasteiger partial charge in [0.2, 0.25) is 5.91 Å². The maximum Gasteiger partial charge on any atom is 0.224 e. The Labute approximate surface area is 152 Å². The third kappa shape index (κ3) is 5.00. The van der Waals surface area contributed by atoms with Gasteiger partial charge in [-0.25, -0.2) is 0 Å². The molecule has 2 aromatic rings. The number of carbonyl (C=O) groups excluding carboxylic acids is 2. The van der Waals surface area contributed by atoms with E-state index in [-0.39, 0.29) is 23.8 Å². The molecule has 1 saturated carbocycles. The molecule has 2 atom stereocenters. The van der Waals surface area contributed by atoms with Gasteiger partial charge in [-0.2, -0.15) is 0 Å². The number of ether oxygens (including phenoxy) is 1. The Hall–Kier alpha value is -1.98. The third-order valence-electron chi connectivity index (χ3n) is 4.47. The second-order valence-electron chi connectivity index (χ2n) is 6.49. The minimum absolute atomic E-state index is 0.00638. The SMILES string of the molecule is CC(=O)c1cc(CC(=O)N[C@@H]2CCC[C@H]2OCc2ccccc2)cs1. The number of ketones is 1. The van der Waals surface area contributed by atoms with Gasteiger partial charge in [0.25, 0.3) is 0 Å². The van der Waals surface area contributed by atoms with Crippen LogP contribution in [0.25, 0.3) is 0 Å². The van der Waals surface area contributed by atoms with Crippen LogP contribution >= 0.6 is 11.3 Å². The summed E-state index contributed by atoms with van der Waals surface area (Å²) in [5.74, 6) is 0.0370. The van der Waals surface area contributed by atoms with Crippen LogP contribution in [0.2, 0.25) is 0 Å². The van der Waals surface area contributed by atoms with Crippen LogP contribution in [-0.2, 0) is 22.6 Å². The molecule has 132 valence electrons. The number of hydrogen-bond acceptors (Lipinski definition) is 4. The number of Topliss-reactive ketones (excluding diaryl/α,β-unsaturated/α-hetero) is 1. The molecule has 0 spiro atoms. The smallest absolute Gasteiger partial charge is 0.224 e. The van der Waals surface area contributed by atoms with E-state index in [9.17, 15) is 9.59 Å². The average molecular weight is 357 g/mol. The van der Waals surface area contributed by atoms with Crippen molar-refractivity contribution in [3.05, 3.63) is 57.8 Å². The number of nitrogens with one attached hydrogen (secondary N) is 1. The van der Waals surface area contributed by atoms with Gasteiger partial charge in [-0.05, 0) is 48.8 Å². The van der Waals surface area contributed by atoms with Crippen LogP contribution in [0.4, 0.5) is 0 Å². The van der Waals surface area contributed by atoms with Gasteiger partial charge in [0, 0.05) is 0 Å². The van der Waals surface area contributed by atoms with E-state index in [4.69, 9.17) is 4.74 Å². The zero-order valence-electron chi connectivity index (χ0n) is 14.4. The lowest BCUT2D eigenvalue weighted by molar-refractivity contribution is -0.122. The van der Waals surface area contributed by atoms with E-state index in [0.717, 1.165) is 30.4 Å². The van der Waals surface area contributed by atoms with Crippen molar-refractivity contribution in [3.63, 3.8) is 0 Å². The monoisotopic (exact) mass is 357 g/mol. The number of rotatable bonds is 7. The highest BCUT2D eigenvalue weighted by Crippen LogP contribution is 2.24. The van der Waals surface area contributed by atoms with Gasteiger partial charge >= 0.3 is 0 Å². The molecule has 1 heterocycles. The van der Waals surface area contributed by atoms with Crippen molar-refractivity contribution in [2.75, 3.05) is 0 Å². The van der Waals surface area contributed by atoms with E-state index in [1.165, 1.54) is 11.3 Å². The maximum absolute atomic E-state index is 12.3. The molecule has 1 amide bonds. The first-order chi connectivity index (χ1) is 12.1. The first kappa shape index (κ1) is 17.8. The lowest BCUT2D eigenvalue weighted by Gasteiger charge is -2.21. The molecule has 1 aliphatic carbocycles. The Morgan fingerprint density at radius 3 is 2.72 bits per heavy atom. The minimum Gasteiger partial charge on any atom is -0.371 e. The molecule has 0 saturated heterocycles. The Morgan fingerprint density at radius 2 is 2.00 bits per heavy atom. The summed E-state index contributed by atoms with van der Waals surface area (Å²) < 4.78 is 6.03. The molecule has 1 fully saturated rings. The minimum atomic E-state index is -0.00638. The van der Waals surface area contributed by atoms with Crippen molar-refractivity contribution in [2.45, 2.75) is 51.4 Å². The van der Waals surface area contributed by atoms with Crippen molar-refractivity contribution in [1.82, 2.24) is 5.32 Å². The van der Waals surface area contributed by atoms with E-state index < -0.39 is 0 Å². The molecule has 3 rings (SSSR count). The number of amides is 1. The van der Waals surface area contributed by atoms with Gasteiger partial charge in [-0.15, -0.1) is 11.3 Å². The molecule has 0 radical (unpaired) electrons. The first-order valence-corrected chi connectivity index (χ1v) is 9.53. The van der Waals surface area contributed by atoms with E-state index in [0.29, 0.717) is 17.9 Å². The molecule has 1 aliphatic rings. The summed E-state index contributed by atoms with van der Waals surface area (Å²) in [7, 11) is 0. The summed E-state index contributed by atoms with van der Waals surface area (Å²) >= 11 is 1.39. The summed E-state index contributed by atoms with van der Waals surface area (Å²) in [6.45, 7) is 2.12. The highest BCUT2D eigenvalue weighted by molar-refractivity contribution is 7.12. The second kappa shape index (κ2) is 8.41. The molecule has 25 heavy (non-hydrogen) atoms. The van der Waals surface area contributed by atoms with Crippen molar-refractivity contribution in [1.29, 1.82) is 0 Å². The van der Waals surface area contributed by atoms with Crippen LogP contribution in [0.5, 0.6) is 0 Å². The fourth-order valence-electron chi connectivity index (χ4n) is 3.16. The maximum atomic E-state index is 12.3. The standard InChI is InChI=1S/C20H23NO3S/c1-14(22)19-10-16(13-25-19)11-20(23)21-17-8-5-9-18(17)24-12-15-6-3-2-4-7-15/h2-4,6-7,10,13,17-18H,5,8-9,11-12H2,1H3,(H,21,23)/t17-,18-/m1/s1. The highest BCUT2D eigenvalue weighted by Gasteiger charge is 2.29. The Bertz CT molecular complexity index is 726. The lowest BCUT2D eigenvalue weighted by Crippen LogP contribution is -2.41. The number of hydrogen-bond donors (Lipinski definition) is 1. The molecular formula is C20H23NO3S. The van der Waals surface area contributed by atoms with Gasteiger partial charge in [0.15, 0.2) is 5.78 Å². The van der Waals surface area contributed by atoms with Gasteiger partial charge < -0.3 is 10.1 Å². The Kier molecular flexibility index (Phi) is 6.00. The van der Waals surface area contributed by atoms with Crippen molar-refractivity contribution >= 4 is 23.0 Å². The van der Waals surface area contributed by atoms with Gasteiger partial charge in [0.05, 0.1) is 30.1 Å². The molecule has 1 aromatic heterocycles. The zero-order chi connectivity index (χ0) is 17.6. The molecule has 0 bridgehead atoms. The normalized spacial score (nSPS) is 19.7. The van der Waals surface area contributed by atoms with E-state index in [2.05, 4.69) is 5.32 Å². The van der Waals surface area contributed by atoms with Crippen LogP contribution in [0.1, 0.15) is 47.0 Å². The fraction of sp³-hybridized carbons (Fsp3) is 0.400. The lowest BCUT2D eigenvalue weighted by atomic mass is 10.1. The second-order valence-corrected chi connectivity index (χ2v) is 7.40. The van der Waals surface area contributed by atoms with Crippen molar-refractivity contribution < 1.29 is 14.3 Å². The quantitative estimate of drug-likeness (QED) is 0.768. The number of carbonyl (C=O) groups is 2. The summed E-state index contributed by atoms with van der Waals surface area (Å²) in [4.78, 5) is 24.4. The summed E-state index contributed by atoms with van der Waals surface area (Å²) in [6.07, 6.45) is 3.38. The largest absolute Gasteiger partial charge is 0.371 e. The van der Waals surface area contributed by atoms with Crippen LogP contribution < -0.4 is 5.32 Å². The Morgan fingerprint density at radius 1 is 1.20 bits per heavy atom. The summed E-state index contributed by atoms with van der Waals surface area (Å²) in [5.41, 5.74) is 2.04. The number of benzene rings is 1. The predicted molar refractivity (Wildman–Crippen MR) is 98.8 cm³/mol. The topological polar surface area (TPSA) is 55.4 Å². The first-order valence-electron chi connectivity index (χ1n) is 8.65. The summed E-state index contributed by atoms with van der Waals surface area (Å²) in [5, 5.41) is 4.99. The van der Waals surface area contributed by atoms with Crippen LogP contribution in [0.3, 0.4) is 0 Å². The molecule has 1 N–H and O–H groups in total. The number of thiophene rings is 1.